The van der Waals surface area contributed by atoms with Crippen LogP contribution in [0.25, 0.3) is 0 Å². The van der Waals surface area contributed by atoms with Crippen LogP contribution >= 0.6 is 15.9 Å². The number of halogens is 1. The number of amides is 3. The predicted octanol–water partition coefficient (Wildman–Crippen LogP) is 2.86. The van der Waals surface area contributed by atoms with Gasteiger partial charge in [-0.1, -0.05) is 34.1 Å². The minimum absolute atomic E-state index is 0.0526. The molecule has 0 bridgehead atoms. The Balaban J connectivity index is 1.64. The fourth-order valence-electron chi connectivity index (χ4n) is 3.15. The van der Waals surface area contributed by atoms with E-state index in [9.17, 15) is 19.5 Å². The van der Waals surface area contributed by atoms with Crippen LogP contribution in [0.2, 0.25) is 0 Å². The standard InChI is InChI=1S/C21H21BrN2O5/c1-13(25)14-7-9-16(10-8-14)29-12-15(26)11-24-19(27)21(2,23-20(24)28)17-5-3-4-6-18(17)22/h3-10,15,26H,11-12H2,1-2H3,(H,23,28)/t15-,21-/m1/s1. The van der Waals surface area contributed by atoms with Crippen molar-refractivity contribution in [2.75, 3.05) is 13.2 Å². The minimum atomic E-state index is -1.22. The van der Waals surface area contributed by atoms with E-state index < -0.39 is 23.6 Å². The Morgan fingerprint density at radius 2 is 1.86 bits per heavy atom. The van der Waals surface area contributed by atoms with Gasteiger partial charge in [-0.2, -0.15) is 0 Å². The Bertz CT molecular complexity index is 946. The maximum Gasteiger partial charge on any atom is 0.325 e. The molecule has 7 nitrogen and oxygen atoms in total. The monoisotopic (exact) mass is 460 g/mol. The van der Waals surface area contributed by atoms with Crippen molar-refractivity contribution < 1.29 is 24.2 Å². The number of aliphatic hydroxyl groups excluding tert-OH is 1. The molecular formula is C21H21BrN2O5. The van der Waals surface area contributed by atoms with Crippen molar-refractivity contribution in [2.45, 2.75) is 25.5 Å². The zero-order valence-electron chi connectivity index (χ0n) is 16.0. The smallest absolute Gasteiger partial charge is 0.325 e. The Kier molecular flexibility index (Phi) is 6.04. The SMILES string of the molecule is CC(=O)c1ccc(OC[C@H](O)CN2C(=O)N[C@](C)(c3ccccc3Br)C2=O)cc1. The van der Waals surface area contributed by atoms with Crippen molar-refractivity contribution in [1.29, 1.82) is 0 Å². The summed E-state index contributed by atoms with van der Waals surface area (Å²) in [6.45, 7) is 2.80. The summed E-state index contributed by atoms with van der Waals surface area (Å²) in [4.78, 5) is 37.6. The number of nitrogens with one attached hydrogen (secondary N) is 1. The van der Waals surface area contributed by atoms with Crippen LogP contribution in [-0.2, 0) is 10.3 Å². The summed E-state index contributed by atoms with van der Waals surface area (Å²) in [6.07, 6.45) is -1.07. The molecule has 29 heavy (non-hydrogen) atoms. The number of nitrogens with zero attached hydrogens (tertiary/aromatic N) is 1. The maximum atomic E-state index is 12.9. The lowest BCUT2D eigenvalue weighted by molar-refractivity contribution is -0.132. The first-order valence-electron chi connectivity index (χ1n) is 9.03. The molecule has 2 atom stereocenters. The van der Waals surface area contributed by atoms with Crippen LogP contribution < -0.4 is 10.1 Å². The van der Waals surface area contributed by atoms with Gasteiger partial charge in [-0.05, 0) is 44.2 Å². The van der Waals surface area contributed by atoms with Gasteiger partial charge in [0.05, 0.1) is 6.54 Å². The second-order valence-electron chi connectivity index (χ2n) is 7.00. The number of urea groups is 1. The number of hydrogen-bond acceptors (Lipinski definition) is 5. The molecule has 1 aliphatic rings. The van der Waals surface area contributed by atoms with E-state index >= 15 is 0 Å². The molecule has 0 aromatic heterocycles. The summed E-state index contributed by atoms with van der Waals surface area (Å²) in [5.74, 6) is -0.0215. The lowest BCUT2D eigenvalue weighted by atomic mass is 9.92. The second-order valence-corrected chi connectivity index (χ2v) is 7.85. The highest BCUT2D eigenvalue weighted by molar-refractivity contribution is 9.10. The fourth-order valence-corrected chi connectivity index (χ4v) is 3.84. The van der Waals surface area contributed by atoms with E-state index in [2.05, 4.69) is 21.2 Å². The van der Waals surface area contributed by atoms with Gasteiger partial charge in [0.25, 0.3) is 5.91 Å². The van der Waals surface area contributed by atoms with Crippen molar-refractivity contribution in [3.05, 3.63) is 64.1 Å². The number of hydrogen-bond donors (Lipinski definition) is 2. The van der Waals surface area contributed by atoms with E-state index in [0.717, 1.165) is 4.90 Å². The Hall–Kier alpha value is -2.71. The second kappa shape index (κ2) is 8.34. The van der Waals surface area contributed by atoms with Crippen molar-refractivity contribution >= 4 is 33.7 Å². The largest absolute Gasteiger partial charge is 0.491 e. The molecule has 0 unspecified atom stereocenters. The van der Waals surface area contributed by atoms with Gasteiger partial charge in [0.2, 0.25) is 0 Å². The van der Waals surface area contributed by atoms with E-state index in [1.165, 1.54) is 6.92 Å². The van der Waals surface area contributed by atoms with Gasteiger partial charge in [0, 0.05) is 15.6 Å². The summed E-state index contributed by atoms with van der Waals surface area (Å²) in [7, 11) is 0. The lowest BCUT2D eigenvalue weighted by Crippen LogP contribution is -2.43. The van der Waals surface area contributed by atoms with Gasteiger partial charge in [-0.3, -0.25) is 14.5 Å². The molecule has 152 valence electrons. The third-order valence-electron chi connectivity index (χ3n) is 4.78. The molecule has 0 aliphatic carbocycles. The molecule has 2 aromatic rings. The minimum Gasteiger partial charge on any atom is -0.491 e. The molecule has 2 aromatic carbocycles. The number of benzene rings is 2. The topological polar surface area (TPSA) is 95.9 Å². The molecule has 1 saturated heterocycles. The van der Waals surface area contributed by atoms with E-state index in [-0.39, 0.29) is 18.9 Å². The van der Waals surface area contributed by atoms with Crippen molar-refractivity contribution in [1.82, 2.24) is 10.2 Å². The predicted molar refractivity (Wildman–Crippen MR) is 110 cm³/mol. The Morgan fingerprint density at radius 1 is 1.21 bits per heavy atom. The number of ketones is 1. The zero-order valence-corrected chi connectivity index (χ0v) is 17.6. The van der Waals surface area contributed by atoms with E-state index in [1.54, 1.807) is 49.4 Å². The number of ether oxygens (including phenoxy) is 1. The number of aliphatic hydroxyl groups is 1. The molecule has 8 heteroatoms. The van der Waals surface area contributed by atoms with Gasteiger partial charge >= 0.3 is 6.03 Å². The first-order chi connectivity index (χ1) is 13.7. The van der Waals surface area contributed by atoms with Crippen molar-refractivity contribution in [3.63, 3.8) is 0 Å². The molecule has 1 heterocycles. The molecule has 3 rings (SSSR count). The number of carbonyl (C=O) groups excluding carboxylic acids is 3. The number of imide groups is 1. The molecule has 0 saturated carbocycles. The highest BCUT2D eigenvalue weighted by Gasteiger charge is 2.50. The van der Waals surface area contributed by atoms with Crippen molar-refractivity contribution in [3.8, 4) is 5.75 Å². The molecule has 0 spiro atoms. The van der Waals surface area contributed by atoms with Crippen molar-refractivity contribution in [2.24, 2.45) is 0 Å². The fraction of sp³-hybridized carbons (Fsp3) is 0.286. The number of Topliss-reactive ketones (excluding diaryl/α,β-unsaturated/α-hetero) is 1. The molecule has 0 radical (unpaired) electrons. The molecule has 1 fully saturated rings. The number of β-amino-alcohol motifs (C(OH)–C–C–N with tert-alkyl or cyclic N) is 1. The lowest BCUT2D eigenvalue weighted by Gasteiger charge is -2.24. The van der Waals surface area contributed by atoms with Gasteiger partial charge in [0.1, 0.15) is 24.0 Å². The molecule has 2 N–H and O–H groups in total. The third-order valence-corrected chi connectivity index (χ3v) is 5.48. The van der Waals surface area contributed by atoms with Crippen LogP contribution in [0.3, 0.4) is 0 Å². The van der Waals surface area contributed by atoms with Crippen LogP contribution in [0.4, 0.5) is 4.79 Å². The highest BCUT2D eigenvalue weighted by Crippen LogP contribution is 2.33. The zero-order chi connectivity index (χ0) is 21.2. The summed E-state index contributed by atoms with van der Waals surface area (Å²) < 4.78 is 6.21. The first-order valence-corrected chi connectivity index (χ1v) is 9.82. The molecular weight excluding hydrogens is 440 g/mol. The average molecular weight is 461 g/mol. The van der Waals surface area contributed by atoms with E-state index in [1.807, 2.05) is 6.07 Å². The summed E-state index contributed by atoms with van der Waals surface area (Å²) >= 11 is 3.41. The highest BCUT2D eigenvalue weighted by atomic mass is 79.9. The Labute approximate surface area is 176 Å². The van der Waals surface area contributed by atoms with Gasteiger partial charge < -0.3 is 15.2 Å². The van der Waals surface area contributed by atoms with Gasteiger partial charge in [-0.15, -0.1) is 0 Å². The maximum absolute atomic E-state index is 12.9. The molecule has 3 amide bonds. The summed E-state index contributed by atoms with van der Waals surface area (Å²) in [5.41, 5.74) is -0.0268. The van der Waals surface area contributed by atoms with Crippen LogP contribution in [0.15, 0.2) is 53.0 Å². The van der Waals surface area contributed by atoms with Crippen LogP contribution in [0, 0.1) is 0 Å². The number of rotatable bonds is 7. The van der Waals surface area contributed by atoms with Gasteiger partial charge in [-0.25, -0.2) is 4.79 Å². The van der Waals surface area contributed by atoms with Crippen LogP contribution in [0.5, 0.6) is 5.75 Å². The van der Waals surface area contributed by atoms with E-state index in [0.29, 0.717) is 21.3 Å². The third kappa shape index (κ3) is 4.33. The summed E-state index contributed by atoms with van der Waals surface area (Å²) in [5, 5.41) is 13.0. The van der Waals surface area contributed by atoms with Crippen LogP contribution in [-0.4, -0.2) is 47.0 Å². The van der Waals surface area contributed by atoms with Gasteiger partial charge in [0.15, 0.2) is 5.78 Å². The average Bonchev–Trinajstić information content (AvgIpc) is 2.90. The molecule has 1 aliphatic heterocycles. The first kappa shape index (κ1) is 21.0. The normalized spacial score (nSPS) is 19.8. The van der Waals surface area contributed by atoms with E-state index in [4.69, 9.17) is 4.74 Å². The quantitative estimate of drug-likeness (QED) is 0.489. The van der Waals surface area contributed by atoms with Crippen LogP contribution in [0.1, 0.15) is 29.8 Å². The Morgan fingerprint density at radius 3 is 2.48 bits per heavy atom. The number of carbonyl (C=O) groups is 3. The summed E-state index contributed by atoms with van der Waals surface area (Å²) in [6, 6.07) is 13.1.